The molecular formula is C16H17N3OS. The molecule has 1 aromatic carbocycles. The lowest BCUT2D eigenvalue weighted by Crippen LogP contribution is -2.22. The van der Waals surface area contributed by atoms with Gasteiger partial charge in [-0.25, -0.2) is 0 Å². The van der Waals surface area contributed by atoms with Crippen LogP contribution in [0.3, 0.4) is 0 Å². The van der Waals surface area contributed by atoms with Crippen LogP contribution in [0.15, 0.2) is 43.0 Å². The first-order valence-corrected chi connectivity index (χ1v) is 7.61. The second-order valence-corrected chi connectivity index (χ2v) is 6.02. The van der Waals surface area contributed by atoms with Crippen molar-refractivity contribution < 1.29 is 4.79 Å². The molecule has 1 aliphatic heterocycles. The van der Waals surface area contributed by atoms with Crippen LogP contribution in [-0.2, 0) is 13.1 Å². The molecule has 0 spiro atoms. The molecule has 2 aromatic rings. The number of nitrogens with zero attached hydrogens (tertiary/aromatic N) is 1. The van der Waals surface area contributed by atoms with Gasteiger partial charge in [0.2, 0.25) is 0 Å². The highest BCUT2D eigenvalue weighted by Crippen LogP contribution is 2.36. The summed E-state index contributed by atoms with van der Waals surface area (Å²) in [6.45, 7) is 5.76. The van der Waals surface area contributed by atoms with Crippen molar-refractivity contribution in [1.29, 1.82) is 0 Å². The van der Waals surface area contributed by atoms with Crippen molar-refractivity contribution in [2.24, 2.45) is 0 Å². The van der Waals surface area contributed by atoms with E-state index in [1.54, 1.807) is 6.08 Å². The average molecular weight is 299 g/mol. The first-order chi connectivity index (χ1) is 10.2. The van der Waals surface area contributed by atoms with Crippen molar-refractivity contribution in [2.45, 2.75) is 13.1 Å². The van der Waals surface area contributed by atoms with E-state index in [2.05, 4.69) is 41.1 Å². The summed E-state index contributed by atoms with van der Waals surface area (Å²) in [4.78, 5) is 14.8. The quantitative estimate of drug-likeness (QED) is 0.854. The number of carbonyl (C=O) groups excluding carboxylic acids is 1. The standard InChI is InChI=1S/C16H17N3OS/c1-2-7-18-16(20)15-13(17)8-14(21-15)19-9-11-5-3-4-6-12(11)10-19/h2-6,8H,1,7,9-10,17H2,(H,18,20). The zero-order valence-electron chi connectivity index (χ0n) is 11.6. The molecule has 0 bridgehead atoms. The van der Waals surface area contributed by atoms with Gasteiger partial charge in [0.15, 0.2) is 0 Å². The number of hydrogen-bond donors (Lipinski definition) is 2. The molecule has 108 valence electrons. The normalized spacial score (nSPS) is 13.0. The molecule has 0 aliphatic carbocycles. The number of carbonyl (C=O) groups is 1. The number of rotatable bonds is 4. The highest BCUT2D eigenvalue weighted by Gasteiger charge is 2.22. The van der Waals surface area contributed by atoms with Crippen LogP contribution in [-0.4, -0.2) is 12.5 Å². The van der Waals surface area contributed by atoms with Crippen LogP contribution < -0.4 is 16.0 Å². The van der Waals surface area contributed by atoms with Crippen LogP contribution in [0.4, 0.5) is 10.7 Å². The number of hydrogen-bond acceptors (Lipinski definition) is 4. The van der Waals surface area contributed by atoms with Crippen molar-refractivity contribution in [1.82, 2.24) is 5.32 Å². The van der Waals surface area contributed by atoms with E-state index < -0.39 is 0 Å². The Balaban J connectivity index is 1.79. The highest BCUT2D eigenvalue weighted by molar-refractivity contribution is 7.18. The fraction of sp³-hybridized carbons (Fsp3) is 0.188. The third-order valence-electron chi connectivity index (χ3n) is 3.51. The van der Waals surface area contributed by atoms with Gasteiger partial charge in [0.1, 0.15) is 4.88 Å². The van der Waals surface area contributed by atoms with Crippen molar-refractivity contribution >= 4 is 27.9 Å². The SMILES string of the molecule is C=CCNC(=O)c1sc(N2Cc3ccccc3C2)cc1N. The van der Waals surface area contributed by atoms with Gasteiger partial charge in [0, 0.05) is 19.6 Å². The maximum Gasteiger partial charge on any atom is 0.263 e. The second kappa shape index (κ2) is 5.61. The molecule has 3 rings (SSSR count). The summed E-state index contributed by atoms with van der Waals surface area (Å²) in [5, 5.41) is 3.80. The van der Waals surface area contributed by atoms with Crippen LogP contribution in [0.1, 0.15) is 20.8 Å². The zero-order chi connectivity index (χ0) is 14.8. The fourth-order valence-electron chi connectivity index (χ4n) is 2.46. The van der Waals surface area contributed by atoms with Gasteiger partial charge in [-0.3, -0.25) is 4.79 Å². The van der Waals surface area contributed by atoms with E-state index >= 15 is 0 Å². The molecule has 4 nitrogen and oxygen atoms in total. The van der Waals surface area contributed by atoms with Gasteiger partial charge in [0.05, 0.1) is 10.7 Å². The van der Waals surface area contributed by atoms with Crippen LogP contribution in [0.5, 0.6) is 0 Å². The van der Waals surface area contributed by atoms with Crippen LogP contribution in [0, 0.1) is 0 Å². The number of amides is 1. The zero-order valence-corrected chi connectivity index (χ0v) is 12.5. The number of nitrogen functional groups attached to an aromatic ring is 1. The summed E-state index contributed by atoms with van der Waals surface area (Å²) < 4.78 is 0. The maximum absolute atomic E-state index is 12.0. The minimum atomic E-state index is -0.139. The number of benzene rings is 1. The Hall–Kier alpha value is -2.27. The Labute approximate surface area is 127 Å². The third-order valence-corrected chi connectivity index (χ3v) is 4.72. The topological polar surface area (TPSA) is 58.4 Å². The number of anilines is 2. The van der Waals surface area contributed by atoms with Crippen LogP contribution >= 0.6 is 11.3 Å². The smallest absolute Gasteiger partial charge is 0.263 e. The van der Waals surface area contributed by atoms with Gasteiger partial charge in [-0.05, 0) is 17.2 Å². The fourth-order valence-corrected chi connectivity index (χ4v) is 3.45. The molecule has 0 saturated carbocycles. The molecule has 1 aliphatic rings. The summed E-state index contributed by atoms with van der Waals surface area (Å²) in [5.41, 5.74) is 9.19. The van der Waals surface area contributed by atoms with E-state index in [0.29, 0.717) is 17.1 Å². The number of thiophene rings is 1. The number of nitrogens with one attached hydrogen (secondary N) is 1. The van der Waals surface area contributed by atoms with Gasteiger partial charge in [-0.2, -0.15) is 0 Å². The van der Waals surface area contributed by atoms with Gasteiger partial charge in [-0.15, -0.1) is 17.9 Å². The molecule has 0 saturated heterocycles. The van der Waals surface area contributed by atoms with E-state index in [0.717, 1.165) is 18.1 Å². The van der Waals surface area contributed by atoms with Crippen LogP contribution in [0.2, 0.25) is 0 Å². The first kappa shape index (κ1) is 13.7. The van der Waals surface area contributed by atoms with Gasteiger partial charge >= 0.3 is 0 Å². The summed E-state index contributed by atoms with van der Waals surface area (Å²) >= 11 is 1.44. The van der Waals surface area contributed by atoms with Crippen molar-refractivity contribution in [3.05, 3.63) is 59.0 Å². The Morgan fingerprint density at radius 3 is 2.67 bits per heavy atom. The molecule has 0 unspecified atom stereocenters. The predicted molar refractivity (Wildman–Crippen MR) is 87.6 cm³/mol. The van der Waals surface area contributed by atoms with E-state index in [1.807, 2.05) is 6.07 Å². The van der Waals surface area contributed by atoms with Crippen molar-refractivity contribution in [2.75, 3.05) is 17.2 Å². The average Bonchev–Trinajstić information content (AvgIpc) is 3.07. The molecule has 21 heavy (non-hydrogen) atoms. The molecule has 1 amide bonds. The Kier molecular flexibility index (Phi) is 3.66. The number of nitrogens with two attached hydrogens (primary N) is 1. The lowest BCUT2D eigenvalue weighted by atomic mass is 10.1. The largest absolute Gasteiger partial charge is 0.397 e. The molecule has 3 N–H and O–H groups in total. The van der Waals surface area contributed by atoms with E-state index in [9.17, 15) is 4.79 Å². The van der Waals surface area contributed by atoms with Crippen molar-refractivity contribution in [3.8, 4) is 0 Å². The molecule has 0 radical (unpaired) electrons. The summed E-state index contributed by atoms with van der Waals surface area (Å²) in [7, 11) is 0. The van der Waals surface area contributed by atoms with Crippen molar-refractivity contribution in [3.63, 3.8) is 0 Å². The van der Waals surface area contributed by atoms with Gasteiger partial charge in [-0.1, -0.05) is 30.3 Å². The summed E-state index contributed by atoms with van der Waals surface area (Å²) in [6, 6.07) is 10.3. The molecule has 5 heteroatoms. The third kappa shape index (κ3) is 2.64. The Morgan fingerprint density at radius 2 is 2.05 bits per heavy atom. The van der Waals surface area contributed by atoms with E-state index in [1.165, 1.54) is 22.5 Å². The minimum Gasteiger partial charge on any atom is -0.397 e. The Morgan fingerprint density at radius 1 is 1.38 bits per heavy atom. The molecule has 1 aromatic heterocycles. The monoisotopic (exact) mass is 299 g/mol. The predicted octanol–water partition coefficient (Wildman–Crippen LogP) is 2.77. The van der Waals surface area contributed by atoms with E-state index in [4.69, 9.17) is 5.73 Å². The van der Waals surface area contributed by atoms with Gasteiger partial charge in [0.25, 0.3) is 5.91 Å². The molecule has 0 atom stereocenters. The molecule has 0 fully saturated rings. The van der Waals surface area contributed by atoms with Gasteiger partial charge < -0.3 is 16.0 Å². The molecule has 2 heterocycles. The van der Waals surface area contributed by atoms with Crippen LogP contribution in [0.25, 0.3) is 0 Å². The highest BCUT2D eigenvalue weighted by atomic mass is 32.1. The lowest BCUT2D eigenvalue weighted by molar-refractivity contribution is 0.0963. The second-order valence-electron chi connectivity index (χ2n) is 4.99. The Bertz CT molecular complexity index is 668. The minimum absolute atomic E-state index is 0.139. The number of fused-ring (bicyclic) bond motifs is 1. The maximum atomic E-state index is 12.0. The summed E-state index contributed by atoms with van der Waals surface area (Å²) in [6.07, 6.45) is 1.65. The molecular weight excluding hydrogens is 282 g/mol. The first-order valence-electron chi connectivity index (χ1n) is 6.79. The lowest BCUT2D eigenvalue weighted by Gasteiger charge is -2.14. The summed E-state index contributed by atoms with van der Waals surface area (Å²) in [5.74, 6) is -0.139. The van der Waals surface area contributed by atoms with E-state index in [-0.39, 0.29) is 5.91 Å².